The van der Waals surface area contributed by atoms with Gasteiger partial charge in [0.2, 0.25) is 11.5 Å². The van der Waals surface area contributed by atoms with Gasteiger partial charge in [0.1, 0.15) is 0 Å². The van der Waals surface area contributed by atoms with Crippen molar-refractivity contribution in [1.29, 1.82) is 0 Å². The van der Waals surface area contributed by atoms with Crippen molar-refractivity contribution in [2.75, 3.05) is 25.4 Å². The second kappa shape index (κ2) is 5.18. The van der Waals surface area contributed by atoms with Crippen molar-refractivity contribution in [3.63, 3.8) is 0 Å². The maximum Gasteiger partial charge on any atom is 0.277 e. The quantitative estimate of drug-likeness (QED) is 0.525. The largest absolute Gasteiger partial charge is 0.379 e. The molecule has 0 aliphatic rings. The summed E-state index contributed by atoms with van der Waals surface area (Å²) in [4.78, 5) is 11.3. The van der Waals surface area contributed by atoms with Gasteiger partial charge in [0.25, 0.3) is 5.91 Å². The second-order valence-corrected chi connectivity index (χ2v) is 2.61. The van der Waals surface area contributed by atoms with Gasteiger partial charge >= 0.3 is 0 Å². The summed E-state index contributed by atoms with van der Waals surface area (Å²) in [5, 5.41) is 12.3. The molecule has 0 saturated carbocycles. The van der Waals surface area contributed by atoms with Gasteiger partial charge in [-0.1, -0.05) is 6.92 Å². The molecule has 78 valence electrons. The van der Waals surface area contributed by atoms with E-state index in [4.69, 9.17) is 5.73 Å². The van der Waals surface area contributed by atoms with E-state index in [2.05, 4.69) is 25.6 Å². The highest BCUT2D eigenvalue weighted by atomic mass is 16.6. The summed E-state index contributed by atoms with van der Waals surface area (Å²) in [5.74, 6) is -0.368. The van der Waals surface area contributed by atoms with Crippen molar-refractivity contribution in [3.8, 4) is 0 Å². The number of likely N-dealkylation sites (N-methyl/N-ethyl adjacent to an activating group) is 1. The summed E-state index contributed by atoms with van der Waals surface area (Å²) in [6.45, 7) is 4.07. The molecule has 0 bridgehead atoms. The van der Waals surface area contributed by atoms with Crippen molar-refractivity contribution in [1.82, 2.24) is 20.9 Å². The minimum absolute atomic E-state index is 0.00551. The second-order valence-electron chi connectivity index (χ2n) is 2.61. The highest BCUT2D eigenvalue weighted by Crippen LogP contribution is 2.02. The zero-order valence-corrected chi connectivity index (χ0v) is 7.91. The fraction of sp³-hybridized carbons (Fsp3) is 0.571. The molecule has 4 N–H and O–H groups in total. The Kier molecular flexibility index (Phi) is 3.86. The molecule has 1 aromatic rings. The average molecular weight is 199 g/mol. The van der Waals surface area contributed by atoms with Crippen LogP contribution in [-0.2, 0) is 0 Å². The molecule has 0 fully saturated rings. The molecule has 1 amide bonds. The monoisotopic (exact) mass is 199 g/mol. The first-order chi connectivity index (χ1) is 6.75. The molecule has 7 nitrogen and oxygen atoms in total. The van der Waals surface area contributed by atoms with Crippen LogP contribution in [0.2, 0.25) is 0 Å². The zero-order valence-electron chi connectivity index (χ0n) is 7.91. The number of anilines is 1. The summed E-state index contributed by atoms with van der Waals surface area (Å²) in [5.41, 5.74) is 5.36. The maximum absolute atomic E-state index is 11.3. The summed E-state index contributed by atoms with van der Waals surface area (Å²) in [7, 11) is 0. The van der Waals surface area contributed by atoms with E-state index in [9.17, 15) is 4.79 Å². The lowest BCUT2D eigenvalue weighted by atomic mass is 10.4. The summed E-state index contributed by atoms with van der Waals surface area (Å²) in [6.07, 6.45) is 0. The number of nitrogen functional groups attached to an aromatic ring is 1. The van der Waals surface area contributed by atoms with Crippen LogP contribution in [0.15, 0.2) is 4.63 Å². The van der Waals surface area contributed by atoms with Gasteiger partial charge in [0.15, 0.2) is 0 Å². The smallest absolute Gasteiger partial charge is 0.277 e. The summed E-state index contributed by atoms with van der Waals surface area (Å²) >= 11 is 0. The molecule has 0 spiro atoms. The van der Waals surface area contributed by atoms with E-state index >= 15 is 0 Å². The predicted molar refractivity (Wildman–Crippen MR) is 49.6 cm³/mol. The molecular weight excluding hydrogens is 186 g/mol. The van der Waals surface area contributed by atoms with Crippen LogP contribution in [0.3, 0.4) is 0 Å². The summed E-state index contributed by atoms with van der Waals surface area (Å²) < 4.78 is 4.29. The van der Waals surface area contributed by atoms with E-state index in [1.165, 1.54) is 0 Å². The van der Waals surface area contributed by atoms with E-state index in [0.29, 0.717) is 13.1 Å². The number of nitrogens with two attached hydrogens (primary N) is 1. The van der Waals surface area contributed by atoms with Crippen LogP contribution in [0, 0.1) is 0 Å². The first kappa shape index (κ1) is 10.5. The van der Waals surface area contributed by atoms with E-state index in [0.717, 1.165) is 6.54 Å². The number of nitrogens with one attached hydrogen (secondary N) is 2. The third-order valence-corrected chi connectivity index (χ3v) is 1.57. The van der Waals surface area contributed by atoms with Crippen molar-refractivity contribution in [2.45, 2.75) is 6.92 Å². The Morgan fingerprint density at radius 1 is 1.50 bits per heavy atom. The van der Waals surface area contributed by atoms with Crippen molar-refractivity contribution >= 4 is 11.7 Å². The Balaban J connectivity index is 2.32. The SMILES string of the molecule is CCNCCNC(=O)c1nonc1N. The Morgan fingerprint density at radius 3 is 2.86 bits per heavy atom. The molecule has 14 heavy (non-hydrogen) atoms. The number of rotatable bonds is 5. The van der Waals surface area contributed by atoms with Gasteiger partial charge in [-0.3, -0.25) is 4.79 Å². The topological polar surface area (TPSA) is 106 Å². The molecule has 0 aromatic carbocycles. The van der Waals surface area contributed by atoms with Crippen LogP contribution in [0.4, 0.5) is 5.82 Å². The van der Waals surface area contributed by atoms with Gasteiger partial charge in [0, 0.05) is 13.1 Å². The third kappa shape index (κ3) is 2.70. The Bertz CT molecular complexity index is 298. The van der Waals surface area contributed by atoms with E-state index in [-0.39, 0.29) is 17.4 Å². The molecule has 1 heterocycles. The molecule has 1 rings (SSSR count). The molecule has 0 atom stereocenters. The van der Waals surface area contributed by atoms with E-state index in [1.807, 2.05) is 6.92 Å². The molecule has 0 radical (unpaired) electrons. The third-order valence-electron chi connectivity index (χ3n) is 1.57. The zero-order chi connectivity index (χ0) is 10.4. The lowest BCUT2D eigenvalue weighted by Gasteiger charge is -2.02. The van der Waals surface area contributed by atoms with E-state index in [1.54, 1.807) is 0 Å². The van der Waals surface area contributed by atoms with Gasteiger partial charge in [-0.15, -0.1) is 0 Å². The average Bonchev–Trinajstić information content (AvgIpc) is 2.59. The number of carbonyl (C=O) groups is 1. The Hall–Kier alpha value is -1.63. The Morgan fingerprint density at radius 2 is 2.29 bits per heavy atom. The van der Waals surface area contributed by atoms with E-state index < -0.39 is 0 Å². The predicted octanol–water partition coefficient (Wildman–Crippen LogP) is -1.01. The van der Waals surface area contributed by atoms with Gasteiger partial charge < -0.3 is 16.4 Å². The first-order valence-corrected chi connectivity index (χ1v) is 4.32. The van der Waals surface area contributed by atoms with Gasteiger partial charge in [-0.2, -0.15) is 0 Å². The molecule has 7 heteroatoms. The fourth-order valence-electron chi connectivity index (χ4n) is 0.878. The maximum atomic E-state index is 11.3. The van der Waals surface area contributed by atoms with Crippen LogP contribution in [0.1, 0.15) is 17.4 Å². The summed E-state index contributed by atoms with van der Waals surface area (Å²) in [6, 6.07) is 0. The van der Waals surface area contributed by atoms with Crippen LogP contribution < -0.4 is 16.4 Å². The number of amides is 1. The van der Waals surface area contributed by atoms with Crippen LogP contribution in [0.5, 0.6) is 0 Å². The Labute approximate surface area is 81.0 Å². The number of carbonyl (C=O) groups excluding carboxylic acids is 1. The number of hydrogen-bond donors (Lipinski definition) is 3. The van der Waals surface area contributed by atoms with Crippen LogP contribution in [0.25, 0.3) is 0 Å². The minimum atomic E-state index is -0.373. The van der Waals surface area contributed by atoms with Crippen LogP contribution >= 0.6 is 0 Å². The van der Waals surface area contributed by atoms with Gasteiger partial charge in [0.05, 0.1) is 0 Å². The number of hydrogen-bond acceptors (Lipinski definition) is 6. The molecule has 1 aromatic heterocycles. The van der Waals surface area contributed by atoms with Crippen LogP contribution in [-0.4, -0.2) is 35.9 Å². The highest BCUT2D eigenvalue weighted by Gasteiger charge is 2.14. The normalized spacial score (nSPS) is 10.1. The lowest BCUT2D eigenvalue weighted by molar-refractivity contribution is 0.0944. The molecule has 0 unspecified atom stereocenters. The fourth-order valence-corrected chi connectivity index (χ4v) is 0.878. The highest BCUT2D eigenvalue weighted by molar-refractivity contribution is 5.95. The molecular formula is C7H13N5O2. The molecule has 0 aliphatic heterocycles. The van der Waals surface area contributed by atoms with Crippen molar-refractivity contribution in [3.05, 3.63) is 5.69 Å². The van der Waals surface area contributed by atoms with Gasteiger partial charge in [-0.25, -0.2) is 4.63 Å². The van der Waals surface area contributed by atoms with Crippen molar-refractivity contribution in [2.24, 2.45) is 0 Å². The standard InChI is InChI=1S/C7H13N5O2/c1-2-9-3-4-10-7(13)5-6(8)12-14-11-5/h9H,2-4H2,1H3,(H2,8,12)(H,10,13). The minimum Gasteiger partial charge on any atom is -0.379 e. The molecule has 0 saturated heterocycles. The first-order valence-electron chi connectivity index (χ1n) is 4.32. The lowest BCUT2D eigenvalue weighted by Crippen LogP contribution is -2.32. The number of aromatic nitrogens is 2. The number of nitrogens with zero attached hydrogens (tertiary/aromatic N) is 2. The molecule has 0 aliphatic carbocycles. The van der Waals surface area contributed by atoms with Crippen molar-refractivity contribution < 1.29 is 9.42 Å². The van der Waals surface area contributed by atoms with Gasteiger partial charge in [-0.05, 0) is 16.9 Å².